The quantitative estimate of drug-likeness (QED) is 0.590. The van der Waals surface area contributed by atoms with Crippen molar-refractivity contribution in [1.29, 1.82) is 0 Å². The van der Waals surface area contributed by atoms with Crippen molar-refractivity contribution in [3.63, 3.8) is 0 Å². The lowest BCUT2D eigenvalue weighted by atomic mass is 9.82. The summed E-state index contributed by atoms with van der Waals surface area (Å²) in [6.45, 7) is -2.12. The molecule has 0 radical (unpaired) electrons. The SMILES string of the molecule is COc1ccc(N2C(=O)CCC(C(=O)NCC(=O)NCC(F)(F)F)C2c2ccccc2OC)cc1. The number of halogens is 3. The Hall–Kier alpha value is -3.76. The molecule has 11 heteroatoms. The Labute approximate surface area is 200 Å². The maximum Gasteiger partial charge on any atom is 0.405 e. The van der Waals surface area contributed by atoms with Gasteiger partial charge in [0, 0.05) is 17.7 Å². The third-order valence-corrected chi connectivity index (χ3v) is 5.65. The number of carbonyl (C=O) groups excluding carboxylic acids is 3. The Morgan fingerprint density at radius 2 is 1.71 bits per heavy atom. The molecule has 1 fully saturated rings. The van der Waals surface area contributed by atoms with Crippen LogP contribution in [0.1, 0.15) is 24.4 Å². The number of anilines is 1. The summed E-state index contributed by atoms with van der Waals surface area (Å²) < 4.78 is 47.7. The molecule has 0 aliphatic carbocycles. The molecular weight excluding hydrogens is 467 g/mol. The number of alkyl halides is 3. The van der Waals surface area contributed by atoms with Crippen molar-refractivity contribution in [3.8, 4) is 11.5 Å². The number of nitrogens with zero attached hydrogens (tertiary/aromatic N) is 1. The van der Waals surface area contributed by atoms with Crippen LogP contribution in [0.15, 0.2) is 48.5 Å². The van der Waals surface area contributed by atoms with Gasteiger partial charge < -0.3 is 25.0 Å². The minimum atomic E-state index is -4.56. The highest BCUT2D eigenvalue weighted by molar-refractivity contribution is 5.98. The van der Waals surface area contributed by atoms with Gasteiger partial charge in [0.05, 0.1) is 32.7 Å². The molecule has 1 saturated heterocycles. The zero-order valence-corrected chi connectivity index (χ0v) is 19.2. The molecule has 188 valence electrons. The van der Waals surface area contributed by atoms with E-state index < -0.39 is 43.0 Å². The highest BCUT2D eigenvalue weighted by Gasteiger charge is 2.42. The van der Waals surface area contributed by atoms with Crippen molar-refractivity contribution in [1.82, 2.24) is 10.6 Å². The van der Waals surface area contributed by atoms with Crippen LogP contribution in [0.25, 0.3) is 0 Å². The van der Waals surface area contributed by atoms with E-state index in [0.29, 0.717) is 22.7 Å². The Morgan fingerprint density at radius 3 is 2.34 bits per heavy atom. The second kappa shape index (κ2) is 11.1. The molecular formula is C24H26F3N3O5. The lowest BCUT2D eigenvalue weighted by molar-refractivity contribution is -0.139. The van der Waals surface area contributed by atoms with Crippen LogP contribution in [0.5, 0.6) is 11.5 Å². The lowest BCUT2D eigenvalue weighted by Gasteiger charge is -2.41. The van der Waals surface area contributed by atoms with Gasteiger partial charge in [-0.05, 0) is 36.8 Å². The molecule has 2 N–H and O–H groups in total. The molecule has 2 unspecified atom stereocenters. The van der Waals surface area contributed by atoms with Crippen molar-refractivity contribution in [3.05, 3.63) is 54.1 Å². The molecule has 2 atom stereocenters. The molecule has 1 heterocycles. The van der Waals surface area contributed by atoms with Crippen LogP contribution >= 0.6 is 0 Å². The van der Waals surface area contributed by atoms with Crippen LogP contribution in [0.3, 0.4) is 0 Å². The van der Waals surface area contributed by atoms with Gasteiger partial charge in [-0.15, -0.1) is 0 Å². The maximum atomic E-state index is 13.2. The van der Waals surface area contributed by atoms with E-state index in [0.717, 1.165) is 0 Å². The largest absolute Gasteiger partial charge is 0.497 e. The molecule has 2 aromatic carbocycles. The molecule has 1 aliphatic heterocycles. The third-order valence-electron chi connectivity index (χ3n) is 5.65. The average molecular weight is 493 g/mol. The number of rotatable bonds is 8. The zero-order chi connectivity index (χ0) is 25.6. The van der Waals surface area contributed by atoms with E-state index in [1.54, 1.807) is 53.8 Å². The van der Waals surface area contributed by atoms with Crippen molar-refractivity contribution >= 4 is 23.4 Å². The van der Waals surface area contributed by atoms with Crippen molar-refractivity contribution in [2.24, 2.45) is 5.92 Å². The normalized spacial score (nSPS) is 18.1. The second-order valence-corrected chi connectivity index (χ2v) is 7.90. The lowest BCUT2D eigenvalue weighted by Crippen LogP contribution is -2.50. The topological polar surface area (TPSA) is 97.0 Å². The van der Waals surface area contributed by atoms with Crippen LogP contribution in [-0.2, 0) is 14.4 Å². The smallest absolute Gasteiger partial charge is 0.405 e. The summed E-state index contributed by atoms with van der Waals surface area (Å²) in [5, 5.41) is 4.13. The highest BCUT2D eigenvalue weighted by atomic mass is 19.4. The van der Waals surface area contributed by atoms with E-state index in [-0.39, 0.29) is 18.7 Å². The van der Waals surface area contributed by atoms with Crippen LogP contribution < -0.4 is 25.0 Å². The van der Waals surface area contributed by atoms with Gasteiger partial charge in [0.2, 0.25) is 17.7 Å². The van der Waals surface area contributed by atoms with Crippen LogP contribution in [0.4, 0.5) is 18.9 Å². The minimum Gasteiger partial charge on any atom is -0.497 e. The van der Waals surface area contributed by atoms with Crippen LogP contribution in [-0.4, -0.2) is 51.2 Å². The summed E-state index contributed by atoms with van der Waals surface area (Å²) in [6, 6.07) is 13.0. The van der Waals surface area contributed by atoms with Crippen LogP contribution in [0, 0.1) is 5.92 Å². The molecule has 0 spiro atoms. The number of hydrogen-bond donors (Lipinski definition) is 2. The Bertz CT molecular complexity index is 1060. The minimum absolute atomic E-state index is 0.0655. The Kier molecular flexibility index (Phi) is 8.21. The van der Waals surface area contributed by atoms with E-state index in [4.69, 9.17) is 9.47 Å². The number of para-hydroxylation sites is 1. The number of piperidine rings is 1. The van der Waals surface area contributed by atoms with E-state index in [1.165, 1.54) is 19.1 Å². The fourth-order valence-corrected chi connectivity index (χ4v) is 4.04. The van der Waals surface area contributed by atoms with E-state index >= 15 is 0 Å². The number of carbonyl (C=O) groups is 3. The highest BCUT2D eigenvalue weighted by Crippen LogP contribution is 2.43. The molecule has 3 amide bonds. The van der Waals surface area contributed by atoms with E-state index in [1.807, 2.05) is 0 Å². The summed E-state index contributed by atoms with van der Waals surface area (Å²) >= 11 is 0. The van der Waals surface area contributed by atoms with Gasteiger partial charge in [-0.1, -0.05) is 18.2 Å². The first kappa shape index (κ1) is 25.9. The van der Waals surface area contributed by atoms with Gasteiger partial charge >= 0.3 is 6.18 Å². The maximum absolute atomic E-state index is 13.2. The van der Waals surface area contributed by atoms with E-state index in [9.17, 15) is 27.6 Å². The van der Waals surface area contributed by atoms with Gasteiger partial charge in [0.25, 0.3) is 0 Å². The first-order valence-electron chi connectivity index (χ1n) is 10.8. The molecule has 1 aliphatic rings. The molecule has 0 saturated carbocycles. The Balaban J connectivity index is 1.91. The fourth-order valence-electron chi connectivity index (χ4n) is 4.04. The molecule has 3 rings (SSSR count). The number of amides is 3. The van der Waals surface area contributed by atoms with Gasteiger partial charge in [0.15, 0.2) is 0 Å². The Morgan fingerprint density at radius 1 is 1.03 bits per heavy atom. The van der Waals surface area contributed by atoms with Gasteiger partial charge in [-0.2, -0.15) is 13.2 Å². The second-order valence-electron chi connectivity index (χ2n) is 7.90. The van der Waals surface area contributed by atoms with Gasteiger partial charge in [-0.3, -0.25) is 14.4 Å². The molecule has 2 aromatic rings. The predicted molar refractivity (Wildman–Crippen MR) is 121 cm³/mol. The van der Waals surface area contributed by atoms with Crippen molar-refractivity contribution in [2.45, 2.75) is 25.1 Å². The van der Waals surface area contributed by atoms with Gasteiger partial charge in [0.1, 0.15) is 18.0 Å². The molecule has 35 heavy (non-hydrogen) atoms. The number of hydrogen-bond acceptors (Lipinski definition) is 5. The summed E-state index contributed by atoms with van der Waals surface area (Å²) in [6.07, 6.45) is -4.31. The summed E-state index contributed by atoms with van der Waals surface area (Å²) in [5.74, 6) is -1.48. The van der Waals surface area contributed by atoms with Gasteiger partial charge in [-0.25, -0.2) is 0 Å². The molecule has 0 aromatic heterocycles. The first-order chi connectivity index (χ1) is 16.6. The summed E-state index contributed by atoms with van der Waals surface area (Å²) in [7, 11) is 2.99. The monoisotopic (exact) mass is 493 g/mol. The first-order valence-corrected chi connectivity index (χ1v) is 10.8. The fraction of sp³-hybridized carbons (Fsp3) is 0.375. The number of ether oxygens (including phenoxy) is 2. The third kappa shape index (κ3) is 6.43. The number of benzene rings is 2. The predicted octanol–water partition coefficient (Wildman–Crippen LogP) is 2.98. The standard InChI is InChI=1S/C24H26F3N3O5/c1-34-16-9-7-15(8-10-16)30-21(32)12-11-18(22(30)17-5-3-4-6-19(17)35-2)23(33)28-13-20(31)29-14-24(25,26)27/h3-10,18,22H,11-14H2,1-2H3,(H,28,33)(H,29,31). The van der Waals surface area contributed by atoms with Crippen molar-refractivity contribution in [2.75, 3.05) is 32.2 Å². The summed E-state index contributed by atoms with van der Waals surface area (Å²) in [4.78, 5) is 39.6. The molecule has 0 bridgehead atoms. The van der Waals surface area contributed by atoms with Crippen molar-refractivity contribution < 1.29 is 37.0 Å². The van der Waals surface area contributed by atoms with Crippen LogP contribution in [0.2, 0.25) is 0 Å². The van der Waals surface area contributed by atoms with E-state index in [2.05, 4.69) is 5.32 Å². The number of nitrogens with one attached hydrogen (secondary N) is 2. The number of methoxy groups -OCH3 is 2. The zero-order valence-electron chi connectivity index (χ0n) is 19.2. The molecule has 8 nitrogen and oxygen atoms in total. The average Bonchev–Trinajstić information content (AvgIpc) is 2.85. The summed E-state index contributed by atoms with van der Waals surface area (Å²) in [5.41, 5.74) is 1.12.